The topological polar surface area (TPSA) is 56.7 Å². The number of nitrogens with zero attached hydrogens (tertiary/aromatic N) is 4. The molecule has 0 saturated carbocycles. The Morgan fingerprint density at radius 2 is 1.10 bits per heavy atom. The molecule has 0 N–H and O–H groups in total. The lowest BCUT2D eigenvalue weighted by molar-refractivity contribution is 0.671. The van der Waals surface area contributed by atoms with E-state index in [1.807, 2.05) is 60.7 Å². The third-order valence-corrected chi connectivity index (χ3v) is 8.05. The first-order valence-electron chi connectivity index (χ1n) is 14.0. The summed E-state index contributed by atoms with van der Waals surface area (Å²) in [5.41, 5.74) is 5.49. The van der Waals surface area contributed by atoms with Crippen LogP contribution in [0.25, 0.3) is 83.2 Å². The maximum Gasteiger partial charge on any atom is 0.238 e. The highest BCUT2D eigenvalue weighted by Gasteiger charge is 2.22. The second-order valence-electron chi connectivity index (χ2n) is 10.5. The van der Waals surface area contributed by atoms with Crippen LogP contribution in [-0.2, 0) is 0 Å². The van der Waals surface area contributed by atoms with E-state index in [4.69, 9.17) is 19.4 Å². The molecule has 5 heteroatoms. The van der Waals surface area contributed by atoms with E-state index >= 15 is 0 Å². The van der Waals surface area contributed by atoms with E-state index in [1.165, 1.54) is 10.8 Å². The Hall–Kier alpha value is -5.81. The summed E-state index contributed by atoms with van der Waals surface area (Å²) < 4.78 is 8.84. The molecule has 0 fully saturated rings. The third-order valence-electron chi connectivity index (χ3n) is 8.05. The molecule has 0 aliphatic carbocycles. The highest BCUT2D eigenvalue weighted by Crippen LogP contribution is 2.42. The van der Waals surface area contributed by atoms with Crippen molar-refractivity contribution in [2.24, 2.45) is 0 Å². The molecule has 3 aromatic heterocycles. The number of fused-ring (bicyclic) bond motifs is 9. The molecule has 42 heavy (non-hydrogen) atoms. The maximum atomic E-state index is 6.70. The highest BCUT2D eigenvalue weighted by molar-refractivity contribution is 6.25. The average Bonchev–Trinajstić information content (AvgIpc) is 3.62. The predicted octanol–water partition coefficient (Wildman–Crippen LogP) is 9.36. The number of furan rings is 1. The number of rotatable bonds is 3. The largest absolute Gasteiger partial charge is 0.454 e. The number of aromatic nitrogens is 4. The van der Waals surface area contributed by atoms with Gasteiger partial charge in [-0.05, 0) is 29.0 Å². The summed E-state index contributed by atoms with van der Waals surface area (Å²) in [5, 5.41) is 6.75. The number of benzene rings is 6. The normalized spacial score (nSPS) is 11.8. The van der Waals surface area contributed by atoms with Gasteiger partial charge >= 0.3 is 0 Å². The fourth-order valence-corrected chi connectivity index (χ4v) is 6.16. The molecule has 0 aliphatic rings. The van der Waals surface area contributed by atoms with Crippen molar-refractivity contribution in [2.75, 3.05) is 0 Å². The van der Waals surface area contributed by atoms with Crippen LogP contribution in [0.2, 0.25) is 0 Å². The number of hydrogen-bond acceptors (Lipinski definition) is 4. The summed E-state index contributed by atoms with van der Waals surface area (Å²) in [7, 11) is 0. The number of para-hydroxylation sites is 1. The first-order valence-corrected chi connectivity index (χ1v) is 14.0. The molecule has 9 rings (SSSR count). The average molecular weight is 539 g/mol. The molecule has 6 aromatic carbocycles. The first kappa shape index (κ1) is 22.9. The summed E-state index contributed by atoms with van der Waals surface area (Å²) in [6.45, 7) is 0. The molecule has 0 unspecified atom stereocenters. The van der Waals surface area contributed by atoms with Gasteiger partial charge in [0.1, 0.15) is 11.1 Å². The summed E-state index contributed by atoms with van der Waals surface area (Å²) in [6, 6.07) is 45.6. The summed E-state index contributed by atoms with van der Waals surface area (Å²) in [6.07, 6.45) is 0. The predicted molar refractivity (Wildman–Crippen MR) is 170 cm³/mol. The zero-order chi connectivity index (χ0) is 27.6. The summed E-state index contributed by atoms with van der Waals surface area (Å²) in [5.74, 6) is 1.79. The SMILES string of the molecule is c1ccc(-c2nc(-c3ccccc3)nc(-n3c4ccccc4c4ccc5c(oc6ccc7ccccc7c65)c43)n2)cc1. The van der Waals surface area contributed by atoms with Crippen LogP contribution in [0.1, 0.15) is 0 Å². The number of hydrogen-bond donors (Lipinski definition) is 0. The fourth-order valence-electron chi connectivity index (χ4n) is 6.16. The van der Waals surface area contributed by atoms with Gasteiger partial charge in [-0.15, -0.1) is 0 Å². The summed E-state index contributed by atoms with van der Waals surface area (Å²) >= 11 is 0. The van der Waals surface area contributed by atoms with E-state index in [2.05, 4.69) is 77.4 Å². The van der Waals surface area contributed by atoms with Crippen LogP contribution in [0.3, 0.4) is 0 Å². The fraction of sp³-hybridized carbons (Fsp3) is 0. The third kappa shape index (κ3) is 3.34. The monoisotopic (exact) mass is 538 g/mol. The van der Waals surface area contributed by atoms with Crippen molar-refractivity contribution in [3.8, 4) is 28.7 Å². The van der Waals surface area contributed by atoms with E-state index in [0.29, 0.717) is 17.6 Å². The van der Waals surface area contributed by atoms with Gasteiger partial charge in [0.25, 0.3) is 0 Å². The van der Waals surface area contributed by atoms with E-state index in [0.717, 1.165) is 54.9 Å². The van der Waals surface area contributed by atoms with Gasteiger partial charge < -0.3 is 4.42 Å². The van der Waals surface area contributed by atoms with E-state index in [1.54, 1.807) is 0 Å². The quantitative estimate of drug-likeness (QED) is 0.225. The van der Waals surface area contributed by atoms with Crippen LogP contribution >= 0.6 is 0 Å². The molecular formula is C37H22N4O. The molecular weight excluding hydrogens is 516 g/mol. The van der Waals surface area contributed by atoms with Gasteiger partial charge in [-0.25, -0.2) is 4.98 Å². The van der Waals surface area contributed by atoms with Gasteiger partial charge in [0.05, 0.1) is 5.52 Å². The van der Waals surface area contributed by atoms with Gasteiger partial charge in [-0.1, -0.05) is 115 Å². The van der Waals surface area contributed by atoms with Crippen molar-refractivity contribution < 1.29 is 4.42 Å². The minimum Gasteiger partial charge on any atom is -0.454 e. The van der Waals surface area contributed by atoms with Crippen LogP contribution in [-0.4, -0.2) is 19.5 Å². The van der Waals surface area contributed by atoms with E-state index in [-0.39, 0.29) is 0 Å². The Balaban J connectivity index is 1.44. The van der Waals surface area contributed by atoms with Crippen LogP contribution in [0.4, 0.5) is 0 Å². The lowest BCUT2D eigenvalue weighted by Crippen LogP contribution is -2.06. The van der Waals surface area contributed by atoms with Crippen molar-refractivity contribution in [1.82, 2.24) is 19.5 Å². The second kappa shape index (κ2) is 8.85. The maximum absolute atomic E-state index is 6.70. The molecule has 5 nitrogen and oxygen atoms in total. The molecule has 0 saturated heterocycles. The Bertz CT molecular complexity index is 2400. The zero-order valence-electron chi connectivity index (χ0n) is 22.4. The van der Waals surface area contributed by atoms with Gasteiger partial charge in [-0.2, -0.15) is 9.97 Å². The van der Waals surface area contributed by atoms with Gasteiger partial charge in [0.15, 0.2) is 17.2 Å². The van der Waals surface area contributed by atoms with Gasteiger partial charge in [0, 0.05) is 32.7 Å². The van der Waals surface area contributed by atoms with E-state index < -0.39 is 0 Å². The standard InChI is InChI=1S/C37H22N4O/c1-3-12-24(13-4-1)35-38-36(25-14-5-2-6-15-25)40-37(39-35)41-30-18-10-9-17-27(30)28-20-21-29-32-26-16-8-7-11-23(26)19-22-31(32)42-34(29)33(28)41/h1-22H. The van der Waals surface area contributed by atoms with Crippen LogP contribution in [0.15, 0.2) is 138 Å². The molecule has 0 bridgehead atoms. The smallest absolute Gasteiger partial charge is 0.238 e. The van der Waals surface area contributed by atoms with Crippen molar-refractivity contribution >= 4 is 54.5 Å². The molecule has 0 radical (unpaired) electrons. The van der Waals surface area contributed by atoms with Gasteiger partial charge in [-0.3, -0.25) is 4.57 Å². The molecule has 0 aliphatic heterocycles. The lowest BCUT2D eigenvalue weighted by atomic mass is 10.0. The first-order chi connectivity index (χ1) is 20.8. The Kier molecular flexibility index (Phi) is 4.83. The molecule has 0 amide bonds. The Labute approximate surface area is 240 Å². The van der Waals surface area contributed by atoms with Crippen LogP contribution in [0, 0.1) is 0 Å². The minimum absolute atomic E-state index is 0.548. The summed E-state index contributed by atoms with van der Waals surface area (Å²) in [4.78, 5) is 15.1. The molecule has 3 heterocycles. The molecule has 196 valence electrons. The molecule has 9 aromatic rings. The van der Waals surface area contributed by atoms with Crippen molar-refractivity contribution in [3.63, 3.8) is 0 Å². The van der Waals surface area contributed by atoms with Crippen molar-refractivity contribution in [1.29, 1.82) is 0 Å². The Morgan fingerprint density at radius 3 is 1.83 bits per heavy atom. The van der Waals surface area contributed by atoms with E-state index in [9.17, 15) is 0 Å². The lowest BCUT2D eigenvalue weighted by Gasteiger charge is -2.11. The van der Waals surface area contributed by atoms with Gasteiger partial charge in [0.2, 0.25) is 5.95 Å². The highest BCUT2D eigenvalue weighted by atomic mass is 16.3. The molecule has 0 atom stereocenters. The zero-order valence-corrected chi connectivity index (χ0v) is 22.4. The Morgan fingerprint density at radius 1 is 0.476 bits per heavy atom. The van der Waals surface area contributed by atoms with Crippen molar-refractivity contribution in [3.05, 3.63) is 133 Å². The minimum atomic E-state index is 0.548. The van der Waals surface area contributed by atoms with Crippen molar-refractivity contribution in [2.45, 2.75) is 0 Å². The molecule has 0 spiro atoms. The van der Waals surface area contributed by atoms with Crippen LogP contribution < -0.4 is 0 Å². The van der Waals surface area contributed by atoms with Crippen LogP contribution in [0.5, 0.6) is 0 Å². The second-order valence-corrected chi connectivity index (χ2v) is 10.5.